The average molecular weight is 302 g/mol. The van der Waals surface area contributed by atoms with E-state index in [0.717, 1.165) is 28.0 Å². The van der Waals surface area contributed by atoms with Crippen molar-refractivity contribution < 1.29 is 9.53 Å². The van der Waals surface area contributed by atoms with Gasteiger partial charge in [0.25, 0.3) is 0 Å². The van der Waals surface area contributed by atoms with Crippen LogP contribution >= 0.6 is 0 Å². The summed E-state index contributed by atoms with van der Waals surface area (Å²) in [6.07, 6.45) is 0.396. The zero-order valence-electron chi connectivity index (χ0n) is 13.0. The topological polar surface area (TPSA) is 26.3 Å². The molecule has 0 aromatic heterocycles. The second-order valence-corrected chi connectivity index (χ2v) is 5.37. The molecule has 0 radical (unpaired) electrons. The lowest BCUT2D eigenvalue weighted by Crippen LogP contribution is -2.03. The molecule has 3 aromatic carbocycles. The fourth-order valence-corrected chi connectivity index (χ4v) is 2.64. The molecule has 0 fully saturated rings. The minimum Gasteiger partial charge on any atom is -0.496 e. The van der Waals surface area contributed by atoms with E-state index in [-0.39, 0.29) is 5.78 Å². The van der Waals surface area contributed by atoms with E-state index in [2.05, 4.69) is 6.07 Å². The zero-order valence-corrected chi connectivity index (χ0v) is 13.0. The molecule has 3 rings (SSSR count). The molecular formula is C21H18O2. The molecule has 0 aliphatic heterocycles. The van der Waals surface area contributed by atoms with Crippen LogP contribution in [-0.2, 0) is 6.42 Å². The van der Waals surface area contributed by atoms with Gasteiger partial charge in [-0.05, 0) is 17.2 Å². The van der Waals surface area contributed by atoms with Crippen LogP contribution in [0.3, 0.4) is 0 Å². The molecule has 0 N–H and O–H groups in total. The average Bonchev–Trinajstić information content (AvgIpc) is 2.62. The molecule has 0 aliphatic carbocycles. The molecule has 0 bridgehead atoms. The lowest BCUT2D eigenvalue weighted by atomic mass is 9.98. The summed E-state index contributed by atoms with van der Waals surface area (Å²) in [6.45, 7) is 0. The summed E-state index contributed by atoms with van der Waals surface area (Å²) in [5.41, 5.74) is 3.84. The first-order chi connectivity index (χ1) is 11.3. The van der Waals surface area contributed by atoms with E-state index in [1.165, 1.54) is 0 Å². The van der Waals surface area contributed by atoms with Crippen LogP contribution in [-0.4, -0.2) is 12.9 Å². The molecule has 0 unspecified atom stereocenters. The number of ether oxygens (including phenoxy) is 1. The third-order valence-corrected chi connectivity index (χ3v) is 3.81. The summed E-state index contributed by atoms with van der Waals surface area (Å²) in [5, 5.41) is 0. The number of methoxy groups -OCH3 is 1. The van der Waals surface area contributed by atoms with Gasteiger partial charge in [-0.25, -0.2) is 0 Å². The van der Waals surface area contributed by atoms with E-state index in [0.29, 0.717) is 6.42 Å². The van der Waals surface area contributed by atoms with Gasteiger partial charge in [0.2, 0.25) is 0 Å². The molecule has 114 valence electrons. The highest BCUT2D eigenvalue weighted by Gasteiger charge is 2.09. The molecular weight excluding hydrogens is 284 g/mol. The monoisotopic (exact) mass is 302 g/mol. The van der Waals surface area contributed by atoms with Gasteiger partial charge in [0.1, 0.15) is 5.75 Å². The predicted octanol–water partition coefficient (Wildman–Crippen LogP) is 4.79. The maximum atomic E-state index is 12.4. The number of hydrogen-bond acceptors (Lipinski definition) is 2. The Labute approximate surface area is 136 Å². The van der Waals surface area contributed by atoms with E-state index >= 15 is 0 Å². The highest BCUT2D eigenvalue weighted by molar-refractivity contribution is 5.97. The summed E-state index contributed by atoms with van der Waals surface area (Å²) < 4.78 is 5.42. The lowest BCUT2D eigenvalue weighted by Gasteiger charge is -2.10. The Morgan fingerprint density at radius 1 is 0.870 bits per heavy atom. The fraction of sp³-hybridized carbons (Fsp3) is 0.0952. The van der Waals surface area contributed by atoms with Crippen molar-refractivity contribution in [2.75, 3.05) is 7.11 Å². The molecule has 3 aromatic rings. The Bertz CT molecular complexity index is 807. The van der Waals surface area contributed by atoms with Gasteiger partial charge in [0.05, 0.1) is 7.11 Å². The number of hydrogen-bond donors (Lipinski definition) is 0. The van der Waals surface area contributed by atoms with E-state index in [1.807, 2.05) is 72.8 Å². The van der Waals surface area contributed by atoms with Gasteiger partial charge < -0.3 is 4.74 Å². The Morgan fingerprint density at radius 3 is 2.39 bits per heavy atom. The van der Waals surface area contributed by atoms with E-state index in [1.54, 1.807) is 7.11 Å². The van der Waals surface area contributed by atoms with Crippen LogP contribution in [0.4, 0.5) is 0 Å². The van der Waals surface area contributed by atoms with Crippen LogP contribution in [0.2, 0.25) is 0 Å². The number of carbonyl (C=O) groups excluding carboxylic acids is 1. The first kappa shape index (κ1) is 15.0. The SMILES string of the molecule is COc1ccccc1-c1cccc(CC(=O)c2ccccc2)c1. The molecule has 0 saturated heterocycles. The Hall–Kier alpha value is -2.87. The van der Waals surface area contributed by atoms with E-state index < -0.39 is 0 Å². The number of rotatable bonds is 5. The van der Waals surface area contributed by atoms with Crippen LogP contribution in [0.1, 0.15) is 15.9 Å². The Balaban J connectivity index is 1.87. The maximum Gasteiger partial charge on any atom is 0.167 e. The summed E-state index contributed by atoms with van der Waals surface area (Å²) in [7, 11) is 1.67. The zero-order chi connectivity index (χ0) is 16.1. The van der Waals surface area contributed by atoms with Gasteiger partial charge in [-0.15, -0.1) is 0 Å². The van der Waals surface area contributed by atoms with Crippen LogP contribution in [0.5, 0.6) is 5.75 Å². The van der Waals surface area contributed by atoms with Crippen molar-refractivity contribution in [1.29, 1.82) is 0 Å². The minimum atomic E-state index is 0.128. The van der Waals surface area contributed by atoms with Gasteiger partial charge in [-0.2, -0.15) is 0 Å². The quantitative estimate of drug-likeness (QED) is 0.634. The highest BCUT2D eigenvalue weighted by Crippen LogP contribution is 2.30. The fourth-order valence-electron chi connectivity index (χ4n) is 2.64. The van der Waals surface area contributed by atoms with Gasteiger partial charge in [-0.1, -0.05) is 72.8 Å². The van der Waals surface area contributed by atoms with Gasteiger partial charge in [0, 0.05) is 17.5 Å². The second-order valence-electron chi connectivity index (χ2n) is 5.37. The largest absolute Gasteiger partial charge is 0.496 e. The van der Waals surface area contributed by atoms with E-state index in [4.69, 9.17) is 4.74 Å². The van der Waals surface area contributed by atoms with Crippen LogP contribution in [0, 0.1) is 0 Å². The van der Waals surface area contributed by atoms with Crippen molar-refractivity contribution in [2.24, 2.45) is 0 Å². The predicted molar refractivity (Wildman–Crippen MR) is 92.9 cm³/mol. The van der Waals surface area contributed by atoms with Crippen molar-refractivity contribution >= 4 is 5.78 Å². The number of ketones is 1. The summed E-state index contributed by atoms with van der Waals surface area (Å²) in [5.74, 6) is 0.960. The van der Waals surface area contributed by atoms with Gasteiger partial charge in [-0.3, -0.25) is 4.79 Å². The van der Waals surface area contributed by atoms with Crippen molar-refractivity contribution in [3.05, 3.63) is 90.0 Å². The first-order valence-electron chi connectivity index (χ1n) is 7.58. The standard InChI is InChI=1S/C21H18O2/c1-23-21-13-6-5-12-19(21)18-11-7-8-16(14-18)15-20(22)17-9-3-2-4-10-17/h2-14H,15H2,1H3. The lowest BCUT2D eigenvalue weighted by molar-refractivity contribution is 0.0993. The highest BCUT2D eigenvalue weighted by atomic mass is 16.5. The van der Waals surface area contributed by atoms with Crippen LogP contribution < -0.4 is 4.74 Å². The molecule has 0 atom stereocenters. The molecule has 0 aliphatic rings. The molecule has 0 saturated carbocycles. The van der Waals surface area contributed by atoms with Gasteiger partial charge in [0.15, 0.2) is 5.78 Å². The minimum absolute atomic E-state index is 0.128. The summed E-state index contributed by atoms with van der Waals surface area (Å²) >= 11 is 0. The normalized spacial score (nSPS) is 10.3. The number of carbonyl (C=O) groups is 1. The molecule has 0 spiro atoms. The van der Waals surface area contributed by atoms with E-state index in [9.17, 15) is 4.79 Å². The number of Topliss-reactive ketones (excluding diaryl/α,β-unsaturated/α-hetero) is 1. The Kier molecular flexibility index (Phi) is 4.53. The van der Waals surface area contributed by atoms with Crippen molar-refractivity contribution in [2.45, 2.75) is 6.42 Å². The summed E-state index contributed by atoms with van der Waals surface area (Å²) in [4.78, 5) is 12.4. The summed E-state index contributed by atoms with van der Waals surface area (Å²) in [6, 6.07) is 25.4. The van der Waals surface area contributed by atoms with Crippen LogP contribution in [0.15, 0.2) is 78.9 Å². The number of benzene rings is 3. The molecule has 23 heavy (non-hydrogen) atoms. The molecule has 0 amide bonds. The Morgan fingerprint density at radius 2 is 1.61 bits per heavy atom. The maximum absolute atomic E-state index is 12.4. The smallest absolute Gasteiger partial charge is 0.167 e. The van der Waals surface area contributed by atoms with Crippen molar-refractivity contribution in [3.8, 4) is 16.9 Å². The van der Waals surface area contributed by atoms with Crippen molar-refractivity contribution in [1.82, 2.24) is 0 Å². The number of para-hydroxylation sites is 1. The first-order valence-corrected chi connectivity index (χ1v) is 7.58. The third kappa shape index (κ3) is 3.49. The molecule has 2 nitrogen and oxygen atoms in total. The molecule has 0 heterocycles. The van der Waals surface area contributed by atoms with Crippen molar-refractivity contribution in [3.63, 3.8) is 0 Å². The third-order valence-electron chi connectivity index (χ3n) is 3.81. The van der Waals surface area contributed by atoms with Gasteiger partial charge >= 0.3 is 0 Å². The van der Waals surface area contributed by atoms with Crippen LogP contribution in [0.25, 0.3) is 11.1 Å². The second kappa shape index (κ2) is 6.93. The molecule has 2 heteroatoms.